The third-order valence-electron chi connectivity index (χ3n) is 5.08. The van der Waals surface area contributed by atoms with E-state index in [1.54, 1.807) is 42.5 Å². The smallest absolute Gasteiger partial charge is 0.338 e. The highest BCUT2D eigenvalue weighted by molar-refractivity contribution is 5.99. The predicted molar refractivity (Wildman–Crippen MR) is 116 cm³/mol. The number of carbonyl (C=O) groups excluding carboxylic acids is 2. The largest absolute Gasteiger partial charge is 0.508 e. The molecule has 32 heavy (non-hydrogen) atoms. The first-order valence-electron chi connectivity index (χ1n) is 10.0. The number of nitrogens with two attached hydrogens (primary N) is 1. The number of cyclic esters (lactones) is 1. The van der Waals surface area contributed by atoms with Crippen LogP contribution in [-0.2, 0) is 17.8 Å². The Morgan fingerprint density at radius 3 is 2.19 bits per heavy atom. The Morgan fingerprint density at radius 1 is 0.938 bits per heavy atom. The topological polar surface area (TPSA) is 131 Å². The Kier molecular flexibility index (Phi) is 5.96. The van der Waals surface area contributed by atoms with Crippen LogP contribution in [0.3, 0.4) is 0 Å². The number of ether oxygens (including phenoxy) is 2. The van der Waals surface area contributed by atoms with Crippen LogP contribution in [0.1, 0.15) is 37.4 Å². The van der Waals surface area contributed by atoms with Crippen molar-refractivity contribution >= 4 is 11.9 Å². The molecule has 8 nitrogen and oxygen atoms in total. The summed E-state index contributed by atoms with van der Waals surface area (Å²) in [5.41, 5.74) is 9.10. The van der Waals surface area contributed by atoms with Crippen molar-refractivity contribution in [3.63, 3.8) is 0 Å². The van der Waals surface area contributed by atoms with E-state index in [2.05, 4.69) is 5.32 Å². The summed E-state index contributed by atoms with van der Waals surface area (Å²) in [6.07, 6.45) is 0.755. The van der Waals surface area contributed by atoms with Crippen molar-refractivity contribution in [2.24, 2.45) is 5.73 Å². The van der Waals surface area contributed by atoms with Crippen LogP contribution < -0.4 is 15.8 Å². The van der Waals surface area contributed by atoms with Crippen LogP contribution in [0.25, 0.3) is 0 Å². The molecule has 0 unspecified atom stereocenters. The first-order chi connectivity index (χ1) is 15.4. The summed E-state index contributed by atoms with van der Waals surface area (Å²) < 4.78 is 10.5. The zero-order chi connectivity index (χ0) is 22.7. The average Bonchev–Trinajstić information content (AvgIpc) is 3.16. The van der Waals surface area contributed by atoms with Gasteiger partial charge in [-0.15, -0.1) is 0 Å². The number of amides is 1. The van der Waals surface area contributed by atoms with E-state index in [-0.39, 0.29) is 23.4 Å². The van der Waals surface area contributed by atoms with E-state index >= 15 is 0 Å². The third-order valence-corrected chi connectivity index (χ3v) is 5.08. The SMILES string of the molecule is NCCNC(=O)c1ccc2c(c1)C(=O)OC2.Oc1ccc2c(c1)Oc1cc(O)ccc1C2. The van der Waals surface area contributed by atoms with Crippen LogP contribution in [0.4, 0.5) is 0 Å². The fourth-order valence-electron chi connectivity index (χ4n) is 3.43. The molecule has 5 rings (SSSR count). The molecule has 5 N–H and O–H groups in total. The summed E-state index contributed by atoms with van der Waals surface area (Å²) in [5.74, 6) is 1.07. The molecule has 8 heteroatoms. The summed E-state index contributed by atoms with van der Waals surface area (Å²) in [6, 6.07) is 15.1. The molecule has 3 aromatic rings. The van der Waals surface area contributed by atoms with Gasteiger partial charge in [-0.25, -0.2) is 4.79 Å². The molecule has 2 aliphatic rings. The number of rotatable bonds is 3. The number of carbonyl (C=O) groups is 2. The van der Waals surface area contributed by atoms with Crippen molar-refractivity contribution < 1.29 is 29.3 Å². The van der Waals surface area contributed by atoms with Crippen molar-refractivity contribution in [2.45, 2.75) is 13.0 Å². The molecule has 0 bridgehead atoms. The lowest BCUT2D eigenvalue weighted by molar-refractivity contribution is 0.0535. The Hall–Kier alpha value is -4.04. The van der Waals surface area contributed by atoms with E-state index < -0.39 is 0 Å². The van der Waals surface area contributed by atoms with Gasteiger partial charge in [-0.2, -0.15) is 0 Å². The maximum absolute atomic E-state index is 11.6. The van der Waals surface area contributed by atoms with Crippen molar-refractivity contribution in [3.05, 3.63) is 82.4 Å². The molecule has 0 saturated heterocycles. The highest BCUT2D eigenvalue weighted by Crippen LogP contribution is 2.39. The van der Waals surface area contributed by atoms with Gasteiger partial charge in [-0.1, -0.05) is 18.2 Å². The minimum absolute atomic E-state index is 0.183. The normalized spacial score (nSPS) is 12.8. The molecule has 0 spiro atoms. The molecule has 0 atom stereocenters. The zero-order valence-electron chi connectivity index (χ0n) is 17.1. The maximum Gasteiger partial charge on any atom is 0.338 e. The van der Waals surface area contributed by atoms with Gasteiger partial charge >= 0.3 is 5.97 Å². The maximum atomic E-state index is 11.6. The second kappa shape index (κ2) is 8.99. The van der Waals surface area contributed by atoms with Crippen LogP contribution in [0.5, 0.6) is 23.0 Å². The zero-order valence-corrected chi connectivity index (χ0v) is 17.1. The van der Waals surface area contributed by atoms with Gasteiger partial charge in [-0.3, -0.25) is 4.79 Å². The average molecular weight is 434 g/mol. The minimum Gasteiger partial charge on any atom is -0.508 e. The van der Waals surface area contributed by atoms with Crippen LogP contribution in [0.15, 0.2) is 54.6 Å². The summed E-state index contributed by atoms with van der Waals surface area (Å²) in [6.45, 7) is 1.10. The van der Waals surface area contributed by atoms with Gasteiger partial charge in [0.2, 0.25) is 0 Å². The summed E-state index contributed by atoms with van der Waals surface area (Å²) >= 11 is 0. The predicted octanol–water partition coefficient (Wildman–Crippen LogP) is 2.84. The number of aromatic hydroxyl groups is 2. The lowest BCUT2D eigenvalue weighted by Crippen LogP contribution is -2.29. The first-order valence-corrected chi connectivity index (χ1v) is 10.0. The number of hydrogen-bond donors (Lipinski definition) is 4. The molecule has 2 aliphatic heterocycles. The van der Waals surface area contributed by atoms with Gasteiger partial charge in [0.15, 0.2) is 0 Å². The fraction of sp³-hybridized carbons (Fsp3) is 0.167. The number of phenols is 2. The second-order valence-corrected chi connectivity index (χ2v) is 7.36. The molecule has 0 aliphatic carbocycles. The van der Waals surface area contributed by atoms with Crippen LogP contribution in [0.2, 0.25) is 0 Å². The van der Waals surface area contributed by atoms with Crippen LogP contribution in [0, 0.1) is 0 Å². The van der Waals surface area contributed by atoms with E-state index in [0.29, 0.717) is 42.3 Å². The lowest BCUT2D eigenvalue weighted by Gasteiger charge is -2.20. The minimum atomic E-state index is -0.372. The molecule has 0 fully saturated rings. The van der Waals surface area contributed by atoms with Gasteiger partial charge in [-0.05, 0) is 35.4 Å². The molecule has 0 radical (unpaired) electrons. The Labute approximate surface area is 184 Å². The number of benzene rings is 3. The number of esters is 1. The van der Waals surface area contributed by atoms with Gasteiger partial charge in [0.05, 0.1) is 5.56 Å². The molecule has 1 amide bonds. The molecule has 164 valence electrons. The van der Waals surface area contributed by atoms with Crippen LogP contribution >= 0.6 is 0 Å². The first kappa shape index (κ1) is 21.2. The molecular weight excluding hydrogens is 412 g/mol. The summed E-state index contributed by atoms with van der Waals surface area (Å²) in [4.78, 5) is 22.9. The van der Waals surface area contributed by atoms with Gasteiger partial charge in [0.1, 0.15) is 29.6 Å². The Balaban J connectivity index is 0.000000153. The van der Waals surface area contributed by atoms with E-state index in [9.17, 15) is 19.8 Å². The highest BCUT2D eigenvalue weighted by atomic mass is 16.5. The molecule has 3 aromatic carbocycles. The standard InChI is InChI=1S/C13H10O3.C11H12N2O3/c14-10-3-1-8-5-9-2-4-11(15)7-13(9)16-12(8)6-10;12-3-4-13-10(14)7-1-2-8-6-16-11(15)9(8)5-7/h1-4,6-7,14-15H,5H2;1-2,5H,3-4,6,12H2,(H,13,14). The monoisotopic (exact) mass is 434 g/mol. The van der Waals surface area contributed by atoms with Gasteiger partial charge < -0.3 is 30.7 Å². The van der Waals surface area contributed by atoms with Gasteiger partial charge in [0, 0.05) is 42.8 Å². The number of phenolic OH excluding ortho intramolecular Hbond substituents is 2. The van der Waals surface area contributed by atoms with E-state index in [1.807, 2.05) is 12.1 Å². The highest BCUT2D eigenvalue weighted by Gasteiger charge is 2.22. The van der Waals surface area contributed by atoms with Crippen molar-refractivity contribution in [2.75, 3.05) is 13.1 Å². The quantitative estimate of drug-likeness (QED) is 0.365. The molecule has 2 heterocycles. The molecule has 0 saturated carbocycles. The summed E-state index contributed by atoms with van der Waals surface area (Å²) in [5, 5.41) is 21.4. The second-order valence-electron chi connectivity index (χ2n) is 7.36. The number of nitrogens with one attached hydrogen (secondary N) is 1. The Morgan fingerprint density at radius 2 is 1.56 bits per heavy atom. The van der Waals surface area contributed by atoms with E-state index in [0.717, 1.165) is 23.1 Å². The van der Waals surface area contributed by atoms with Gasteiger partial charge in [0.25, 0.3) is 5.91 Å². The van der Waals surface area contributed by atoms with Crippen molar-refractivity contribution in [3.8, 4) is 23.0 Å². The molecular formula is C24H22N2O6. The third kappa shape index (κ3) is 4.50. The summed E-state index contributed by atoms with van der Waals surface area (Å²) in [7, 11) is 0. The fourth-order valence-corrected chi connectivity index (χ4v) is 3.43. The Bertz CT molecular complexity index is 1140. The number of hydrogen-bond acceptors (Lipinski definition) is 7. The van der Waals surface area contributed by atoms with E-state index in [4.69, 9.17) is 15.2 Å². The van der Waals surface area contributed by atoms with Crippen LogP contribution in [-0.4, -0.2) is 35.2 Å². The number of fused-ring (bicyclic) bond motifs is 3. The lowest BCUT2D eigenvalue weighted by atomic mass is 10.0. The van der Waals surface area contributed by atoms with E-state index in [1.165, 1.54) is 0 Å². The van der Waals surface area contributed by atoms with Crippen molar-refractivity contribution in [1.29, 1.82) is 0 Å². The molecule has 0 aromatic heterocycles. The van der Waals surface area contributed by atoms with Crippen molar-refractivity contribution in [1.82, 2.24) is 5.32 Å².